The summed E-state index contributed by atoms with van der Waals surface area (Å²) in [4.78, 5) is 11.7. The fraction of sp³-hybridized carbons (Fsp3) is 0.167. The molecule has 0 bridgehead atoms. The van der Waals surface area contributed by atoms with Crippen molar-refractivity contribution in [2.75, 3.05) is 18.6 Å². The van der Waals surface area contributed by atoms with Crippen LogP contribution in [0.4, 0.5) is 5.69 Å². The molecule has 1 unspecified atom stereocenters. The van der Waals surface area contributed by atoms with Crippen molar-refractivity contribution >= 4 is 16.6 Å². The van der Waals surface area contributed by atoms with E-state index in [1.165, 1.54) is 0 Å². The van der Waals surface area contributed by atoms with Crippen LogP contribution in [0, 0.1) is 0 Å². The zero-order chi connectivity index (χ0) is 19.8. The first-order valence-electron chi connectivity index (χ1n) is 9.69. The summed E-state index contributed by atoms with van der Waals surface area (Å²) in [5.74, 6) is 2.75. The van der Waals surface area contributed by atoms with Crippen LogP contribution in [0.2, 0.25) is 0 Å². The second-order valence-electron chi connectivity index (χ2n) is 7.24. The molecular weight excluding hydrogens is 362 g/mol. The van der Waals surface area contributed by atoms with Gasteiger partial charge in [-0.2, -0.15) is 4.98 Å². The van der Waals surface area contributed by atoms with Gasteiger partial charge in [0.1, 0.15) is 18.1 Å². The molecule has 0 spiro atoms. The van der Waals surface area contributed by atoms with E-state index < -0.39 is 0 Å². The van der Waals surface area contributed by atoms with Crippen LogP contribution in [0.15, 0.2) is 72.8 Å². The van der Waals surface area contributed by atoms with Gasteiger partial charge < -0.3 is 14.4 Å². The quantitative estimate of drug-likeness (QED) is 0.480. The van der Waals surface area contributed by atoms with Crippen molar-refractivity contribution < 1.29 is 9.47 Å². The van der Waals surface area contributed by atoms with Crippen molar-refractivity contribution in [1.82, 2.24) is 9.97 Å². The number of benzene rings is 3. The van der Waals surface area contributed by atoms with E-state index in [9.17, 15) is 0 Å². The van der Waals surface area contributed by atoms with E-state index in [4.69, 9.17) is 19.4 Å². The third-order valence-corrected chi connectivity index (χ3v) is 5.27. The van der Waals surface area contributed by atoms with E-state index in [0.717, 1.165) is 33.7 Å². The Balaban J connectivity index is 1.61. The van der Waals surface area contributed by atoms with E-state index in [1.54, 1.807) is 0 Å². The summed E-state index contributed by atoms with van der Waals surface area (Å²) in [5, 5.41) is 0.878. The molecule has 2 heterocycles. The van der Waals surface area contributed by atoms with Crippen molar-refractivity contribution in [3.05, 3.63) is 72.8 Å². The number of hydrogen-bond donors (Lipinski definition) is 0. The third-order valence-electron chi connectivity index (χ3n) is 5.27. The normalized spacial score (nSPS) is 15.7. The molecule has 3 aromatic carbocycles. The Hall–Kier alpha value is -3.60. The maximum Gasteiger partial charge on any atom is 0.230 e. The zero-order valence-electron chi connectivity index (χ0n) is 16.4. The van der Waals surface area contributed by atoms with E-state index >= 15 is 0 Å². The maximum atomic E-state index is 6.11. The lowest BCUT2D eigenvalue weighted by atomic mass is 10.1. The van der Waals surface area contributed by atoms with Gasteiger partial charge in [-0.1, -0.05) is 30.3 Å². The van der Waals surface area contributed by atoms with E-state index in [0.29, 0.717) is 24.4 Å². The number of nitrogens with zero attached hydrogens (tertiary/aromatic N) is 3. The molecule has 0 saturated carbocycles. The Morgan fingerprint density at radius 2 is 1.76 bits per heavy atom. The number of rotatable bonds is 3. The molecule has 1 aromatic heterocycles. The Morgan fingerprint density at radius 3 is 2.62 bits per heavy atom. The van der Waals surface area contributed by atoms with Crippen LogP contribution < -0.4 is 14.4 Å². The molecule has 29 heavy (non-hydrogen) atoms. The van der Waals surface area contributed by atoms with Crippen LogP contribution in [0.3, 0.4) is 0 Å². The molecule has 0 aliphatic carbocycles. The summed E-state index contributed by atoms with van der Waals surface area (Å²) in [7, 11) is 2.09. The molecular formula is C24H21N3O2. The largest absolute Gasteiger partial charge is 0.489 e. The van der Waals surface area contributed by atoms with Gasteiger partial charge in [-0.05, 0) is 49.4 Å². The highest BCUT2D eigenvalue weighted by atomic mass is 16.5. The van der Waals surface area contributed by atoms with Gasteiger partial charge in [-0.15, -0.1) is 0 Å². The van der Waals surface area contributed by atoms with Gasteiger partial charge >= 0.3 is 0 Å². The van der Waals surface area contributed by atoms with Gasteiger partial charge in [0.15, 0.2) is 5.82 Å². The van der Waals surface area contributed by atoms with Crippen molar-refractivity contribution in [2.24, 2.45) is 0 Å². The lowest BCUT2D eigenvalue weighted by Crippen LogP contribution is -2.37. The average Bonchev–Trinajstić information content (AvgIpc) is 2.77. The summed E-state index contributed by atoms with van der Waals surface area (Å²) in [6, 6.07) is 24.0. The number of anilines is 1. The molecule has 0 radical (unpaired) electrons. The van der Waals surface area contributed by atoms with E-state index in [-0.39, 0.29) is 0 Å². The number of ether oxygens (including phenoxy) is 2. The summed E-state index contributed by atoms with van der Waals surface area (Å²) in [6.07, 6.45) is 0. The molecule has 1 aliphatic rings. The number of fused-ring (bicyclic) bond motifs is 2. The molecule has 4 aromatic rings. The summed E-state index contributed by atoms with van der Waals surface area (Å²) in [6.45, 7) is 2.81. The predicted molar refractivity (Wildman–Crippen MR) is 115 cm³/mol. The van der Waals surface area contributed by atoms with Gasteiger partial charge in [-0.25, -0.2) is 4.98 Å². The highest BCUT2D eigenvalue weighted by Crippen LogP contribution is 2.37. The van der Waals surface area contributed by atoms with Crippen LogP contribution in [0.25, 0.3) is 22.3 Å². The highest BCUT2D eigenvalue weighted by molar-refractivity contribution is 5.85. The first-order valence-corrected chi connectivity index (χ1v) is 9.69. The number of hydrogen-bond acceptors (Lipinski definition) is 5. The van der Waals surface area contributed by atoms with Crippen LogP contribution in [-0.4, -0.2) is 29.7 Å². The summed E-state index contributed by atoms with van der Waals surface area (Å²) in [5.41, 5.74) is 2.82. The Labute approximate surface area is 169 Å². The minimum absolute atomic E-state index is 0.344. The highest BCUT2D eigenvalue weighted by Gasteiger charge is 2.22. The zero-order valence-corrected chi connectivity index (χ0v) is 16.4. The molecule has 5 rings (SSSR count). The molecule has 1 aliphatic heterocycles. The Morgan fingerprint density at radius 1 is 0.966 bits per heavy atom. The smallest absolute Gasteiger partial charge is 0.230 e. The van der Waals surface area contributed by atoms with Gasteiger partial charge in [0.25, 0.3) is 0 Å². The lowest BCUT2D eigenvalue weighted by molar-refractivity contribution is 0.275. The monoisotopic (exact) mass is 383 g/mol. The van der Waals surface area contributed by atoms with Gasteiger partial charge in [0, 0.05) is 12.6 Å². The topological polar surface area (TPSA) is 47.5 Å². The Bertz CT molecular complexity index is 1180. The average molecular weight is 383 g/mol. The van der Waals surface area contributed by atoms with Crippen LogP contribution >= 0.6 is 0 Å². The standard InChI is InChI=1S/C24H21N3O2/c1-16-15-28-22-14-17(12-13-21(22)27(16)2)23-25-20-11-7-6-10-19(20)24(26-23)29-18-8-4-3-5-9-18/h3-14,16H,15H2,1-2H3. The van der Waals surface area contributed by atoms with Crippen LogP contribution in [-0.2, 0) is 0 Å². The third kappa shape index (κ3) is 3.25. The fourth-order valence-electron chi connectivity index (χ4n) is 3.47. The van der Waals surface area contributed by atoms with Gasteiger partial charge in [-0.3, -0.25) is 0 Å². The van der Waals surface area contributed by atoms with Crippen molar-refractivity contribution in [3.8, 4) is 28.8 Å². The second-order valence-corrected chi connectivity index (χ2v) is 7.24. The molecule has 144 valence electrons. The van der Waals surface area contributed by atoms with E-state index in [1.807, 2.05) is 66.7 Å². The summed E-state index contributed by atoms with van der Waals surface area (Å²) >= 11 is 0. The van der Waals surface area contributed by atoms with E-state index in [2.05, 4.69) is 24.9 Å². The van der Waals surface area contributed by atoms with Crippen molar-refractivity contribution in [1.29, 1.82) is 0 Å². The first kappa shape index (κ1) is 17.5. The minimum Gasteiger partial charge on any atom is -0.489 e. The molecule has 0 N–H and O–H groups in total. The molecule has 0 saturated heterocycles. The molecule has 5 heteroatoms. The van der Waals surface area contributed by atoms with Crippen molar-refractivity contribution in [2.45, 2.75) is 13.0 Å². The first-order chi connectivity index (χ1) is 14.2. The number of aromatic nitrogens is 2. The lowest BCUT2D eigenvalue weighted by Gasteiger charge is -2.33. The molecule has 5 nitrogen and oxygen atoms in total. The van der Waals surface area contributed by atoms with Crippen LogP contribution in [0.5, 0.6) is 17.4 Å². The molecule has 0 fully saturated rings. The Kier molecular flexibility index (Phi) is 4.28. The number of para-hydroxylation sites is 2. The minimum atomic E-state index is 0.344. The molecule has 0 amide bonds. The molecule has 1 atom stereocenters. The predicted octanol–water partition coefficient (Wildman–Crippen LogP) is 5.31. The number of likely N-dealkylation sites (N-methyl/N-ethyl adjacent to an activating group) is 1. The fourth-order valence-corrected chi connectivity index (χ4v) is 3.47. The van der Waals surface area contributed by atoms with Gasteiger partial charge in [0.2, 0.25) is 5.88 Å². The maximum absolute atomic E-state index is 6.11. The summed E-state index contributed by atoms with van der Waals surface area (Å²) < 4.78 is 12.1. The van der Waals surface area contributed by atoms with Crippen molar-refractivity contribution in [3.63, 3.8) is 0 Å². The SMILES string of the molecule is CC1COc2cc(-c3nc(Oc4ccccc4)c4ccccc4n3)ccc2N1C. The second kappa shape index (κ2) is 7.09. The van der Waals surface area contributed by atoms with Gasteiger partial charge in [0.05, 0.1) is 22.6 Å². The van der Waals surface area contributed by atoms with Crippen LogP contribution in [0.1, 0.15) is 6.92 Å².